The summed E-state index contributed by atoms with van der Waals surface area (Å²) in [5, 5.41) is 2.77. The lowest BCUT2D eigenvalue weighted by atomic mass is 10.3. The van der Waals surface area contributed by atoms with Crippen LogP contribution < -0.4 is 14.4 Å². The summed E-state index contributed by atoms with van der Waals surface area (Å²) >= 11 is 0. The van der Waals surface area contributed by atoms with Crippen LogP contribution in [0.2, 0.25) is 0 Å². The Hall–Kier alpha value is -3.33. The number of hydrogen-bond donors (Lipinski definition) is 1. The normalized spacial score (nSPS) is 11.1. The Morgan fingerprint density at radius 1 is 1.13 bits per heavy atom. The third-order valence-corrected chi connectivity index (χ3v) is 5.39. The molecule has 0 aliphatic carbocycles. The predicted octanol–water partition coefficient (Wildman–Crippen LogP) is 2.65. The fourth-order valence-corrected chi connectivity index (χ4v) is 3.70. The van der Waals surface area contributed by atoms with Crippen LogP contribution in [-0.4, -0.2) is 43.2 Å². The van der Waals surface area contributed by atoms with Crippen LogP contribution in [0.5, 0.6) is 11.5 Å². The molecule has 0 aliphatic heterocycles. The van der Waals surface area contributed by atoms with Crippen LogP contribution in [0.4, 0.5) is 5.69 Å². The largest absolute Gasteiger partial charge is 0.455 e. The lowest BCUT2D eigenvalue weighted by molar-refractivity contribution is -0.119. The van der Waals surface area contributed by atoms with Crippen LogP contribution >= 0.6 is 0 Å². The van der Waals surface area contributed by atoms with E-state index in [1.54, 1.807) is 48.9 Å². The van der Waals surface area contributed by atoms with Crippen molar-refractivity contribution in [3.63, 3.8) is 0 Å². The van der Waals surface area contributed by atoms with Crippen LogP contribution in [0.15, 0.2) is 73.3 Å². The zero-order chi connectivity index (χ0) is 21.4. The summed E-state index contributed by atoms with van der Waals surface area (Å²) < 4.78 is 33.7. The van der Waals surface area contributed by atoms with Crippen molar-refractivity contribution in [2.24, 2.45) is 0 Å². The molecule has 0 saturated heterocycles. The van der Waals surface area contributed by atoms with E-state index in [1.165, 1.54) is 0 Å². The van der Waals surface area contributed by atoms with Gasteiger partial charge in [-0.3, -0.25) is 9.10 Å². The Morgan fingerprint density at radius 2 is 1.87 bits per heavy atom. The number of benzene rings is 2. The van der Waals surface area contributed by atoms with Gasteiger partial charge in [-0.1, -0.05) is 30.3 Å². The first kappa shape index (κ1) is 21.4. The molecule has 3 rings (SSSR count). The van der Waals surface area contributed by atoms with Gasteiger partial charge in [-0.25, -0.2) is 13.4 Å². The first-order valence-corrected chi connectivity index (χ1v) is 11.3. The van der Waals surface area contributed by atoms with Crippen LogP contribution in [-0.2, 0) is 21.4 Å². The lowest BCUT2D eigenvalue weighted by Crippen LogP contribution is -2.40. The van der Waals surface area contributed by atoms with Crippen LogP contribution in [0.1, 0.15) is 6.42 Å². The first-order valence-electron chi connectivity index (χ1n) is 9.45. The fraction of sp³-hybridized carbons (Fsp3) is 0.238. The summed E-state index contributed by atoms with van der Waals surface area (Å²) in [6.45, 7) is 0.805. The van der Waals surface area contributed by atoms with E-state index in [0.717, 1.165) is 10.6 Å². The third kappa shape index (κ3) is 6.08. The van der Waals surface area contributed by atoms with E-state index in [4.69, 9.17) is 4.74 Å². The summed E-state index contributed by atoms with van der Waals surface area (Å²) in [4.78, 5) is 16.4. The van der Waals surface area contributed by atoms with Crippen molar-refractivity contribution in [1.82, 2.24) is 14.9 Å². The van der Waals surface area contributed by atoms with Crippen molar-refractivity contribution in [3.05, 3.63) is 73.3 Å². The lowest BCUT2D eigenvalue weighted by Gasteiger charge is -2.24. The number of carbonyl (C=O) groups excluding carboxylic acids is 1. The van der Waals surface area contributed by atoms with Gasteiger partial charge in [0.25, 0.3) is 0 Å². The fourth-order valence-electron chi connectivity index (χ4n) is 2.84. The van der Waals surface area contributed by atoms with E-state index < -0.39 is 10.0 Å². The molecular weight excluding hydrogens is 404 g/mol. The molecule has 0 saturated carbocycles. The van der Waals surface area contributed by atoms with Gasteiger partial charge in [-0.05, 0) is 30.7 Å². The van der Waals surface area contributed by atoms with Crippen molar-refractivity contribution in [2.75, 3.05) is 23.7 Å². The van der Waals surface area contributed by atoms with Crippen molar-refractivity contribution >= 4 is 21.6 Å². The zero-order valence-electron chi connectivity index (χ0n) is 16.6. The molecule has 2 aromatic carbocycles. The highest BCUT2D eigenvalue weighted by Gasteiger charge is 2.24. The second-order valence-electron chi connectivity index (χ2n) is 6.66. The topological polar surface area (TPSA) is 93.5 Å². The highest BCUT2D eigenvalue weighted by Crippen LogP contribution is 2.33. The van der Waals surface area contributed by atoms with Crippen LogP contribution in [0.3, 0.4) is 0 Å². The number of nitrogens with zero attached hydrogens (tertiary/aromatic N) is 3. The molecule has 0 atom stereocenters. The standard InChI is InChI=1S/C21H24N4O4S/c1-30(27,28)25(16-21(26)23-12-7-14-24-15-13-22-17-24)19-10-5-6-11-20(19)29-18-8-3-2-4-9-18/h2-6,8-11,13,15,17H,7,12,14,16H2,1H3,(H,23,26). The van der Waals surface area contributed by atoms with Gasteiger partial charge in [0.15, 0.2) is 5.75 Å². The molecule has 1 N–H and O–H groups in total. The highest BCUT2D eigenvalue weighted by molar-refractivity contribution is 7.92. The van der Waals surface area contributed by atoms with Gasteiger partial charge in [0.2, 0.25) is 15.9 Å². The molecule has 9 heteroatoms. The molecule has 158 valence electrons. The maximum Gasteiger partial charge on any atom is 0.240 e. The number of aryl methyl sites for hydroxylation is 1. The quantitative estimate of drug-likeness (QED) is 0.501. The van der Waals surface area contributed by atoms with Crippen LogP contribution in [0, 0.1) is 0 Å². The number of hydrogen-bond acceptors (Lipinski definition) is 5. The molecule has 0 spiro atoms. The molecule has 3 aromatic rings. The molecule has 1 amide bonds. The molecule has 0 unspecified atom stereocenters. The minimum absolute atomic E-state index is 0.303. The van der Waals surface area contributed by atoms with E-state index in [9.17, 15) is 13.2 Å². The molecule has 30 heavy (non-hydrogen) atoms. The number of imidazole rings is 1. The number of anilines is 1. The minimum atomic E-state index is -3.71. The Labute approximate surface area is 176 Å². The summed E-state index contributed by atoms with van der Waals surface area (Å²) in [7, 11) is -3.71. The average molecular weight is 429 g/mol. The van der Waals surface area contributed by atoms with Gasteiger partial charge in [-0.15, -0.1) is 0 Å². The van der Waals surface area contributed by atoms with E-state index in [0.29, 0.717) is 36.7 Å². The van der Waals surface area contributed by atoms with Crippen molar-refractivity contribution in [3.8, 4) is 11.5 Å². The van der Waals surface area contributed by atoms with Crippen LogP contribution in [0.25, 0.3) is 0 Å². The number of aromatic nitrogens is 2. The summed E-state index contributed by atoms with van der Waals surface area (Å²) in [5.41, 5.74) is 0.303. The van der Waals surface area contributed by atoms with Crippen molar-refractivity contribution < 1.29 is 17.9 Å². The minimum Gasteiger partial charge on any atom is -0.455 e. The molecule has 0 aliphatic rings. The number of nitrogens with one attached hydrogen (secondary N) is 1. The summed E-state index contributed by atoms with van der Waals surface area (Å²) in [6.07, 6.45) is 7.01. The SMILES string of the molecule is CS(=O)(=O)N(CC(=O)NCCCn1ccnc1)c1ccccc1Oc1ccccc1. The first-order chi connectivity index (χ1) is 14.4. The van der Waals surface area contributed by atoms with Gasteiger partial charge in [0.05, 0.1) is 18.3 Å². The van der Waals surface area contributed by atoms with Crippen molar-refractivity contribution in [1.29, 1.82) is 0 Å². The number of carbonyl (C=O) groups is 1. The smallest absolute Gasteiger partial charge is 0.240 e. The Morgan fingerprint density at radius 3 is 2.57 bits per heavy atom. The molecule has 0 fully saturated rings. The molecule has 1 aromatic heterocycles. The van der Waals surface area contributed by atoms with Gasteiger partial charge in [0, 0.05) is 25.5 Å². The number of amides is 1. The second kappa shape index (κ2) is 9.93. The average Bonchev–Trinajstić information content (AvgIpc) is 3.24. The summed E-state index contributed by atoms with van der Waals surface area (Å²) in [6, 6.07) is 15.8. The Kier molecular flexibility index (Phi) is 7.08. The van der Waals surface area contributed by atoms with Gasteiger partial charge in [-0.2, -0.15) is 0 Å². The zero-order valence-corrected chi connectivity index (χ0v) is 17.5. The predicted molar refractivity (Wildman–Crippen MR) is 115 cm³/mol. The number of para-hydroxylation sites is 3. The Bertz CT molecular complexity index is 1050. The number of sulfonamides is 1. The Balaban J connectivity index is 1.68. The molecule has 0 bridgehead atoms. The van der Waals surface area contributed by atoms with Crippen molar-refractivity contribution in [2.45, 2.75) is 13.0 Å². The highest BCUT2D eigenvalue weighted by atomic mass is 32.2. The maximum atomic E-state index is 12.4. The van der Waals surface area contributed by atoms with E-state index >= 15 is 0 Å². The maximum absolute atomic E-state index is 12.4. The molecule has 1 heterocycles. The van der Waals surface area contributed by atoms with Gasteiger partial charge >= 0.3 is 0 Å². The van der Waals surface area contributed by atoms with E-state index in [2.05, 4.69) is 10.3 Å². The van der Waals surface area contributed by atoms with E-state index in [-0.39, 0.29) is 12.5 Å². The van der Waals surface area contributed by atoms with Gasteiger partial charge < -0.3 is 14.6 Å². The summed E-state index contributed by atoms with van der Waals surface area (Å²) in [5.74, 6) is 0.532. The molecular formula is C21H24N4O4S. The molecule has 0 radical (unpaired) electrons. The monoisotopic (exact) mass is 428 g/mol. The van der Waals surface area contributed by atoms with Gasteiger partial charge in [0.1, 0.15) is 12.3 Å². The number of rotatable bonds is 10. The number of ether oxygens (including phenoxy) is 1. The third-order valence-electron chi connectivity index (χ3n) is 4.27. The molecule has 8 nitrogen and oxygen atoms in total. The van der Waals surface area contributed by atoms with E-state index in [1.807, 2.05) is 29.0 Å². The second-order valence-corrected chi connectivity index (χ2v) is 8.56.